The van der Waals surface area contributed by atoms with Crippen LogP contribution in [0.2, 0.25) is 0 Å². The number of allylic oxidation sites excluding steroid dienone is 1. The van der Waals surface area contributed by atoms with Crippen LogP contribution < -0.4 is 0 Å². The number of aromatic nitrogens is 5. The van der Waals surface area contributed by atoms with Gasteiger partial charge in [0.2, 0.25) is 5.95 Å². The molecule has 9 rings (SSSR count). The van der Waals surface area contributed by atoms with Crippen LogP contribution in [-0.4, -0.2) is 24.1 Å². The second-order valence-electron chi connectivity index (χ2n) is 11.2. The van der Waals surface area contributed by atoms with E-state index in [0.717, 1.165) is 35.0 Å². The third-order valence-corrected chi connectivity index (χ3v) is 8.64. The van der Waals surface area contributed by atoms with E-state index >= 15 is 0 Å². The average Bonchev–Trinajstić information content (AvgIpc) is 3.60. The molecule has 5 nitrogen and oxygen atoms in total. The fraction of sp³-hybridized carbons (Fsp3) is 0.0513. The van der Waals surface area contributed by atoms with E-state index < -0.39 is 0 Å². The first-order valence-corrected chi connectivity index (χ1v) is 15.0. The van der Waals surface area contributed by atoms with Gasteiger partial charge in [0.1, 0.15) is 0 Å². The van der Waals surface area contributed by atoms with Crippen molar-refractivity contribution in [3.63, 3.8) is 0 Å². The molecule has 5 aromatic carbocycles. The van der Waals surface area contributed by atoms with Gasteiger partial charge in [-0.2, -0.15) is 9.97 Å². The summed E-state index contributed by atoms with van der Waals surface area (Å²) in [5.41, 5.74) is 9.11. The summed E-state index contributed by atoms with van der Waals surface area (Å²) in [7, 11) is 0. The number of benzene rings is 5. The molecule has 3 aromatic heterocycles. The third kappa shape index (κ3) is 3.83. The van der Waals surface area contributed by atoms with E-state index in [2.05, 4.69) is 88.0 Å². The van der Waals surface area contributed by atoms with Gasteiger partial charge in [0.05, 0.1) is 16.6 Å². The molecule has 8 aromatic rings. The van der Waals surface area contributed by atoms with E-state index in [1.165, 1.54) is 38.6 Å². The second kappa shape index (κ2) is 9.89. The molecule has 1 aliphatic rings. The highest BCUT2D eigenvalue weighted by molar-refractivity contribution is 6.14. The molecule has 0 bridgehead atoms. The predicted octanol–water partition coefficient (Wildman–Crippen LogP) is 9.21. The van der Waals surface area contributed by atoms with Crippen molar-refractivity contribution in [3.05, 3.63) is 145 Å². The van der Waals surface area contributed by atoms with E-state index in [9.17, 15) is 0 Å². The smallest absolute Gasteiger partial charge is 0.238 e. The van der Waals surface area contributed by atoms with Crippen LogP contribution in [0.4, 0.5) is 0 Å². The zero-order valence-electron chi connectivity index (χ0n) is 23.9. The Morgan fingerprint density at radius 2 is 1.09 bits per heavy atom. The summed E-state index contributed by atoms with van der Waals surface area (Å²) in [6.07, 6.45) is 6.64. The summed E-state index contributed by atoms with van der Waals surface area (Å²) in [6.45, 7) is 0. The van der Waals surface area contributed by atoms with Crippen LogP contribution in [0, 0.1) is 0 Å². The Morgan fingerprint density at radius 3 is 1.80 bits per heavy atom. The third-order valence-electron chi connectivity index (χ3n) is 8.64. The summed E-state index contributed by atoms with van der Waals surface area (Å²) in [4.78, 5) is 15.2. The number of rotatable bonds is 4. The summed E-state index contributed by atoms with van der Waals surface area (Å²) >= 11 is 0. The number of para-hydroxylation sites is 2. The molecule has 0 aliphatic heterocycles. The van der Waals surface area contributed by atoms with Crippen LogP contribution in [0.15, 0.2) is 133 Å². The first kappa shape index (κ1) is 24.8. The fourth-order valence-electron chi connectivity index (χ4n) is 6.66. The molecule has 0 amide bonds. The molecule has 208 valence electrons. The average molecular weight is 566 g/mol. The minimum atomic E-state index is 0.607. The zero-order valence-corrected chi connectivity index (χ0v) is 23.9. The molecule has 0 spiro atoms. The molecule has 0 atom stereocenters. The molecule has 0 saturated heterocycles. The molecule has 44 heavy (non-hydrogen) atoms. The van der Waals surface area contributed by atoms with Crippen molar-refractivity contribution in [2.45, 2.75) is 12.8 Å². The highest BCUT2D eigenvalue weighted by Gasteiger charge is 2.23. The summed E-state index contributed by atoms with van der Waals surface area (Å²) in [6, 6.07) is 44.3. The van der Waals surface area contributed by atoms with Gasteiger partial charge in [-0.25, -0.2) is 4.98 Å². The van der Waals surface area contributed by atoms with Crippen LogP contribution in [0.3, 0.4) is 0 Å². The predicted molar refractivity (Wildman–Crippen MR) is 179 cm³/mol. The van der Waals surface area contributed by atoms with Crippen molar-refractivity contribution in [1.29, 1.82) is 0 Å². The molecule has 3 heterocycles. The number of nitrogens with zero attached hydrogens (tertiary/aromatic N) is 5. The number of fused-ring (bicyclic) bond motifs is 6. The van der Waals surface area contributed by atoms with Gasteiger partial charge >= 0.3 is 0 Å². The van der Waals surface area contributed by atoms with Crippen LogP contribution in [0.25, 0.3) is 73.2 Å². The van der Waals surface area contributed by atoms with Gasteiger partial charge in [-0.15, -0.1) is 0 Å². The summed E-state index contributed by atoms with van der Waals surface area (Å²) in [5, 5.41) is 3.57. The molecular formula is C39H27N5. The van der Waals surface area contributed by atoms with Gasteiger partial charge in [0.15, 0.2) is 11.6 Å². The number of hydrogen-bond donors (Lipinski definition) is 0. The van der Waals surface area contributed by atoms with Crippen molar-refractivity contribution in [3.8, 4) is 34.4 Å². The maximum absolute atomic E-state index is 5.11. The van der Waals surface area contributed by atoms with Crippen molar-refractivity contribution in [2.24, 2.45) is 0 Å². The SMILES string of the molecule is C1=Cc2c(n(-c3ccccc3)c3cc4c5ccccc5n(-c5nc(-c6ccccc6)nc(-c6ccccc6)n5)c4cc23)CC1. The lowest BCUT2D eigenvalue weighted by Crippen LogP contribution is -2.06. The van der Waals surface area contributed by atoms with Crippen LogP contribution in [-0.2, 0) is 6.42 Å². The monoisotopic (exact) mass is 565 g/mol. The minimum Gasteiger partial charge on any atom is -0.313 e. The lowest BCUT2D eigenvalue weighted by atomic mass is 10.0. The first-order chi connectivity index (χ1) is 21.8. The van der Waals surface area contributed by atoms with E-state index in [1.54, 1.807) is 0 Å². The van der Waals surface area contributed by atoms with Crippen LogP contribution in [0.5, 0.6) is 0 Å². The van der Waals surface area contributed by atoms with Crippen molar-refractivity contribution in [2.75, 3.05) is 0 Å². The van der Waals surface area contributed by atoms with E-state index in [1.807, 2.05) is 60.7 Å². The summed E-state index contributed by atoms with van der Waals surface area (Å²) in [5.74, 6) is 1.91. The quantitative estimate of drug-likeness (QED) is 0.214. The molecule has 5 heteroatoms. The van der Waals surface area contributed by atoms with Gasteiger partial charge in [-0.05, 0) is 43.2 Å². The molecule has 0 fully saturated rings. The molecular weight excluding hydrogens is 538 g/mol. The standard InChI is InChI=1S/C39H27N5/c1-4-14-26(15-5-1)37-40-38(27-16-6-2-7-17-27)42-39(41-37)44-34-23-13-11-21-30(34)32-24-35-31(25-36(32)44)29-20-10-12-22-33(29)43(35)28-18-8-3-9-19-28/h1-11,13-21,23-25H,12,22H2. The maximum atomic E-state index is 5.11. The lowest BCUT2D eigenvalue weighted by Gasteiger charge is -2.13. The molecule has 0 unspecified atom stereocenters. The topological polar surface area (TPSA) is 48.5 Å². The highest BCUT2D eigenvalue weighted by Crippen LogP contribution is 2.40. The van der Waals surface area contributed by atoms with E-state index in [4.69, 9.17) is 15.0 Å². The Labute approximate surface area is 254 Å². The van der Waals surface area contributed by atoms with Gasteiger partial charge in [-0.3, -0.25) is 4.57 Å². The first-order valence-electron chi connectivity index (χ1n) is 15.0. The van der Waals surface area contributed by atoms with Gasteiger partial charge in [0.25, 0.3) is 0 Å². The van der Waals surface area contributed by atoms with Crippen LogP contribution in [0.1, 0.15) is 17.7 Å². The molecule has 0 saturated carbocycles. The fourth-order valence-corrected chi connectivity index (χ4v) is 6.66. The number of hydrogen-bond acceptors (Lipinski definition) is 3. The van der Waals surface area contributed by atoms with Crippen molar-refractivity contribution < 1.29 is 0 Å². The Morgan fingerprint density at radius 1 is 0.500 bits per heavy atom. The maximum Gasteiger partial charge on any atom is 0.238 e. The highest BCUT2D eigenvalue weighted by atomic mass is 15.2. The van der Waals surface area contributed by atoms with Gasteiger partial charge in [-0.1, -0.05) is 109 Å². The summed E-state index contributed by atoms with van der Waals surface area (Å²) < 4.78 is 4.66. The Balaban J connectivity index is 1.38. The molecule has 1 aliphatic carbocycles. The zero-order chi connectivity index (χ0) is 29.0. The Hall–Kier alpha value is -5.81. The largest absolute Gasteiger partial charge is 0.313 e. The molecule has 0 radical (unpaired) electrons. The van der Waals surface area contributed by atoms with E-state index in [0.29, 0.717) is 17.6 Å². The second-order valence-corrected chi connectivity index (χ2v) is 11.2. The Bertz CT molecular complexity index is 2310. The normalized spacial score (nSPS) is 12.7. The van der Waals surface area contributed by atoms with E-state index in [-0.39, 0.29) is 0 Å². The van der Waals surface area contributed by atoms with Crippen molar-refractivity contribution >= 4 is 38.8 Å². The van der Waals surface area contributed by atoms with Crippen molar-refractivity contribution in [1.82, 2.24) is 24.1 Å². The Kier molecular flexibility index (Phi) is 5.56. The van der Waals surface area contributed by atoms with Crippen LogP contribution >= 0.6 is 0 Å². The minimum absolute atomic E-state index is 0.607. The lowest BCUT2D eigenvalue weighted by molar-refractivity contribution is 0.889. The molecule has 0 N–H and O–H groups in total. The van der Waals surface area contributed by atoms with Gasteiger partial charge < -0.3 is 4.57 Å². The van der Waals surface area contributed by atoms with Gasteiger partial charge in [0, 0.05) is 44.2 Å².